The van der Waals surface area contributed by atoms with Gasteiger partial charge < -0.3 is 10.4 Å². The minimum absolute atomic E-state index is 0. The van der Waals surface area contributed by atoms with E-state index in [-0.39, 0.29) is 18.4 Å². The van der Waals surface area contributed by atoms with E-state index in [2.05, 4.69) is 5.32 Å². The van der Waals surface area contributed by atoms with Crippen molar-refractivity contribution in [1.82, 2.24) is 5.32 Å². The Morgan fingerprint density at radius 3 is 2.29 bits per heavy atom. The van der Waals surface area contributed by atoms with E-state index < -0.39 is 11.9 Å². The molecular formula is C12H17Cl2NO2. The van der Waals surface area contributed by atoms with E-state index in [1.165, 1.54) is 0 Å². The van der Waals surface area contributed by atoms with Gasteiger partial charge in [-0.2, -0.15) is 0 Å². The summed E-state index contributed by atoms with van der Waals surface area (Å²) in [6.07, 6.45) is 0. The lowest BCUT2D eigenvalue weighted by molar-refractivity contribution is -0.138. The fourth-order valence-corrected chi connectivity index (χ4v) is 1.52. The Labute approximate surface area is 113 Å². The third-order valence-corrected chi connectivity index (χ3v) is 2.55. The minimum atomic E-state index is -0.824. The van der Waals surface area contributed by atoms with Crippen molar-refractivity contribution in [3.8, 4) is 0 Å². The molecule has 0 amide bonds. The number of carboxylic acids is 1. The average molecular weight is 278 g/mol. The van der Waals surface area contributed by atoms with Crippen LogP contribution in [-0.4, -0.2) is 23.7 Å². The van der Waals surface area contributed by atoms with Gasteiger partial charge in [0.1, 0.15) is 0 Å². The van der Waals surface area contributed by atoms with Crippen LogP contribution in [0.3, 0.4) is 0 Å². The number of rotatable bonds is 5. The summed E-state index contributed by atoms with van der Waals surface area (Å²) in [5, 5.41) is 12.9. The highest BCUT2D eigenvalue weighted by Crippen LogP contribution is 2.18. The quantitative estimate of drug-likeness (QED) is 0.870. The maximum absolute atomic E-state index is 11.1. The molecule has 1 atom stereocenters. The first-order valence-corrected chi connectivity index (χ1v) is 5.60. The van der Waals surface area contributed by atoms with Crippen molar-refractivity contribution in [2.45, 2.75) is 25.8 Å². The van der Waals surface area contributed by atoms with Gasteiger partial charge in [0.05, 0.1) is 5.92 Å². The summed E-state index contributed by atoms with van der Waals surface area (Å²) < 4.78 is 0. The number of hydrogen-bond donors (Lipinski definition) is 2. The van der Waals surface area contributed by atoms with Crippen molar-refractivity contribution in [3.05, 3.63) is 34.9 Å². The molecule has 0 aliphatic carbocycles. The molecule has 0 fully saturated rings. The molecule has 0 unspecified atom stereocenters. The molecule has 0 spiro atoms. The number of halogens is 2. The van der Waals surface area contributed by atoms with Crippen LogP contribution in [-0.2, 0) is 4.79 Å². The van der Waals surface area contributed by atoms with E-state index >= 15 is 0 Å². The minimum Gasteiger partial charge on any atom is -0.481 e. The van der Waals surface area contributed by atoms with Gasteiger partial charge >= 0.3 is 5.97 Å². The highest BCUT2D eigenvalue weighted by atomic mass is 35.5. The monoisotopic (exact) mass is 277 g/mol. The molecule has 17 heavy (non-hydrogen) atoms. The summed E-state index contributed by atoms with van der Waals surface area (Å²) >= 11 is 5.76. The second-order valence-corrected chi connectivity index (χ2v) is 4.44. The van der Waals surface area contributed by atoms with Crippen molar-refractivity contribution in [2.75, 3.05) is 6.54 Å². The van der Waals surface area contributed by atoms with E-state index in [4.69, 9.17) is 16.7 Å². The molecule has 0 radical (unpaired) electrons. The van der Waals surface area contributed by atoms with Gasteiger partial charge in [-0.1, -0.05) is 37.6 Å². The SMILES string of the molecule is CC(C)NC[C@@H](C(=O)O)c1ccc(Cl)cc1.Cl. The molecule has 0 saturated carbocycles. The standard InChI is InChI=1S/C12H16ClNO2.ClH/c1-8(2)14-7-11(12(15)16)9-3-5-10(13)6-4-9;/h3-6,8,11,14H,7H2,1-2H3,(H,15,16);1H/t11-;/m1./s1. The Bertz CT molecular complexity index is 352. The van der Waals surface area contributed by atoms with Gasteiger partial charge in [-0.25, -0.2) is 0 Å². The third-order valence-electron chi connectivity index (χ3n) is 2.30. The highest BCUT2D eigenvalue weighted by Gasteiger charge is 2.19. The lowest BCUT2D eigenvalue weighted by Gasteiger charge is -2.15. The smallest absolute Gasteiger partial charge is 0.312 e. The van der Waals surface area contributed by atoms with E-state index in [9.17, 15) is 4.79 Å². The second-order valence-electron chi connectivity index (χ2n) is 4.01. The molecule has 0 saturated heterocycles. The molecule has 96 valence electrons. The fraction of sp³-hybridized carbons (Fsp3) is 0.417. The van der Waals surface area contributed by atoms with Crippen LogP contribution in [0.4, 0.5) is 0 Å². The summed E-state index contributed by atoms with van der Waals surface area (Å²) in [5.74, 6) is -1.35. The second kappa shape index (κ2) is 7.54. The van der Waals surface area contributed by atoms with Crippen molar-refractivity contribution < 1.29 is 9.90 Å². The summed E-state index contributed by atoms with van der Waals surface area (Å²) in [6.45, 7) is 4.40. The summed E-state index contributed by atoms with van der Waals surface area (Å²) in [6, 6.07) is 7.20. The molecular weight excluding hydrogens is 261 g/mol. The lowest BCUT2D eigenvalue weighted by atomic mass is 9.99. The van der Waals surface area contributed by atoms with Crippen molar-refractivity contribution in [1.29, 1.82) is 0 Å². The largest absolute Gasteiger partial charge is 0.481 e. The van der Waals surface area contributed by atoms with Crippen LogP contribution in [0.2, 0.25) is 5.02 Å². The van der Waals surface area contributed by atoms with Crippen LogP contribution in [0.25, 0.3) is 0 Å². The highest BCUT2D eigenvalue weighted by molar-refractivity contribution is 6.30. The summed E-state index contributed by atoms with van der Waals surface area (Å²) in [4.78, 5) is 11.1. The van der Waals surface area contributed by atoms with Crippen LogP contribution in [0, 0.1) is 0 Å². The Balaban J connectivity index is 0.00000256. The molecule has 0 bridgehead atoms. The molecule has 0 aromatic heterocycles. The number of hydrogen-bond acceptors (Lipinski definition) is 2. The summed E-state index contributed by atoms with van der Waals surface area (Å²) in [7, 11) is 0. The van der Waals surface area contributed by atoms with Gasteiger partial charge in [-0.3, -0.25) is 4.79 Å². The van der Waals surface area contributed by atoms with E-state index in [0.717, 1.165) is 5.56 Å². The van der Waals surface area contributed by atoms with Gasteiger partial charge in [0.15, 0.2) is 0 Å². The van der Waals surface area contributed by atoms with Crippen LogP contribution >= 0.6 is 24.0 Å². The maximum atomic E-state index is 11.1. The fourth-order valence-electron chi connectivity index (χ4n) is 1.40. The zero-order valence-corrected chi connectivity index (χ0v) is 11.4. The van der Waals surface area contributed by atoms with E-state index in [1.807, 2.05) is 13.8 Å². The predicted molar refractivity (Wildman–Crippen MR) is 72.2 cm³/mol. The van der Waals surface area contributed by atoms with Crippen LogP contribution in [0.15, 0.2) is 24.3 Å². The Hall–Kier alpha value is -0.770. The van der Waals surface area contributed by atoms with Crippen LogP contribution in [0.1, 0.15) is 25.3 Å². The number of carbonyl (C=O) groups is 1. The van der Waals surface area contributed by atoms with Gasteiger partial charge in [0.25, 0.3) is 0 Å². The molecule has 5 heteroatoms. The van der Waals surface area contributed by atoms with Gasteiger partial charge in [0.2, 0.25) is 0 Å². The normalized spacial score (nSPS) is 12.0. The van der Waals surface area contributed by atoms with Crippen molar-refractivity contribution >= 4 is 30.0 Å². The van der Waals surface area contributed by atoms with Gasteiger partial charge in [-0.15, -0.1) is 12.4 Å². The van der Waals surface area contributed by atoms with E-state index in [1.54, 1.807) is 24.3 Å². The van der Waals surface area contributed by atoms with Crippen molar-refractivity contribution in [3.63, 3.8) is 0 Å². The number of carboxylic acid groups (broad SMARTS) is 1. The van der Waals surface area contributed by atoms with Crippen molar-refractivity contribution in [2.24, 2.45) is 0 Å². The summed E-state index contributed by atoms with van der Waals surface area (Å²) in [5.41, 5.74) is 0.769. The number of nitrogens with one attached hydrogen (secondary N) is 1. The number of aliphatic carboxylic acids is 1. The zero-order valence-electron chi connectivity index (χ0n) is 9.81. The van der Waals surface area contributed by atoms with Gasteiger partial charge in [0, 0.05) is 17.6 Å². The lowest BCUT2D eigenvalue weighted by Crippen LogP contribution is -2.31. The first kappa shape index (κ1) is 16.2. The topological polar surface area (TPSA) is 49.3 Å². The molecule has 1 rings (SSSR count). The first-order chi connectivity index (χ1) is 7.50. The average Bonchev–Trinajstić information content (AvgIpc) is 2.20. The van der Waals surface area contributed by atoms with Crippen LogP contribution in [0.5, 0.6) is 0 Å². The Morgan fingerprint density at radius 2 is 1.88 bits per heavy atom. The molecule has 0 aliphatic rings. The molecule has 0 heterocycles. The molecule has 1 aromatic carbocycles. The zero-order chi connectivity index (χ0) is 12.1. The van der Waals surface area contributed by atoms with E-state index in [0.29, 0.717) is 11.6 Å². The van der Waals surface area contributed by atoms with Crippen LogP contribution < -0.4 is 5.32 Å². The predicted octanol–water partition coefficient (Wildman–Crippen LogP) is 2.93. The molecule has 2 N–H and O–H groups in total. The third kappa shape index (κ3) is 5.39. The molecule has 3 nitrogen and oxygen atoms in total. The number of benzene rings is 1. The Kier molecular flexibility index (Phi) is 7.19. The molecule has 1 aromatic rings. The maximum Gasteiger partial charge on any atom is 0.312 e. The van der Waals surface area contributed by atoms with Gasteiger partial charge in [-0.05, 0) is 17.7 Å². The Morgan fingerprint density at radius 1 is 1.35 bits per heavy atom. The first-order valence-electron chi connectivity index (χ1n) is 5.22. The molecule has 0 aliphatic heterocycles.